The van der Waals surface area contributed by atoms with Gasteiger partial charge < -0.3 is 15.2 Å². The first-order chi connectivity index (χ1) is 8.54. The van der Waals surface area contributed by atoms with Crippen molar-refractivity contribution in [3.05, 3.63) is 27.7 Å². The smallest absolute Gasteiger partial charge is 0.303 e. The molecule has 0 aromatic heterocycles. The first-order valence-electron chi connectivity index (χ1n) is 5.49. The Hall–Kier alpha value is -0.970. The summed E-state index contributed by atoms with van der Waals surface area (Å²) in [5, 5.41) is 12.7. The van der Waals surface area contributed by atoms with E-state index in [1.807, 2.05) is 0 Å². The second-order valence-electron chi connectivity index (χ2n) is 3.75. The van der Waals surface area contributed by atoms with Crippen molar-refractivity contribution < 1.29 is 14.6 Å². The Morgan fingerprint density at radius 1 is 1.39 bits per heavy atom. The molecule has 1 aromatic rings. The number of benzene rings is 1. The SMILES string of the molecule is COc1cc(Cl)c(CNCCCC(=O)O)cc1Cl. The molecule has 0 fully saturated rings. The van der Waals surface area contributed by atoms with E-state index in [9.17, 15) is 4.79 Å². The topological polar surface area (TPSA) is 58.6 Å². The van der Waals surface area contributed by atoms with E-state index in [-0.39, 0.29) is 6.42 Å². The highest BCUT2D eigenvalue weighted by Gasteiger charge is 2.07. The zero-order valence-electron chi connectivity index (χ0n) is 10.0. The van der Waals surface area contributed by atoms with Crippen LogP contribution in [0.2, 0.25) is 10.0 Å². The van der Waals surface area contributed by atoms with Gasteiger partial charge >= 0.3 is 5.97 Å². The fourth-order valence-electron chi connectivity index (χ4n) is 1.45. The second-order valence-corrected chi connectivity index (χ2v) is 4.57. The van der Waals surface area contributed by atoms with Crippen LogP contribution < -0.4 is 10.1 Å². The molecular weight excluding hydrogens is 277 g/mol. The number of ether oxygens (including phenoxy) is 1. The molecule has 100 valence electrons. The third-order valence-corrected chi connectivity index (χ3v) is 3.03. The van der Waals surface area contributed by atoms with Crippen LogP contribution in [0.15, 0.2) is 12.1 Å². The Morgan fingerprint density at radius 2 is 2.11 bits per heavy atom. The van der Waals surface area contributed by atoms with E-state index in [4.69, 9.17) is 33.0 Å². The van der Waals surface area contributed by atoms with Crippen LogP contribution in [0.25, 0.3) is 0 Å². The first-order valence-corrected chi connectivity index (χ1v) is 6.24. The molecule has 0 aliphatic carbocycles. The molecule has 0 heterocycles. The van der Waals surface area contributed by atoms with Crippen molar-refractivity contribution in [1.82, 2.24) is 5.32 Å². The predicted octanol–water partition coefficient (Wildman–Crippen LogP) is 2.96. The van der Waals surface area contributed by atoms with Crippen molar-refractivity contribution in [3.8, 4) is 5.75 Å². The number of methoxy groups -OCH3 is 1. The average Bonchev–Trinajstić information content (AvgIpc) is 2.32. The van der Waals surface area contributed by atoms with E-state index in [2.05, 4.69) is 5.32 Å². The minimum absolute atomic E-state index is 0.157. The fourth-order valence-corrected chi connectivity index (χ4v) is 1.93. The van der Waals surface area contributed by atoms with Crippen LogP contribution in [0.3, 0.4) is 0 Å². The number of rotatable bonds is 7. The third kappa shape index (κ3) is 4.72. The van der Waals surface area contributed by atoms with Gasteiger partial charge in [-0.2, -0.15) is 0 Å². The highest BCUT2D eigenvalue weighted by atomic mass is 35.5. The molecule has 1 aromatic carbocycles. The molecular formula is C12H15Cl2NO3. The van der Waals surface area contributed by atoms with Crippen molar-refractivity contribution in [3.63, 3.8) is 0 Å². The molecule has 1 rings (SSSR count). The maximum Gasteiger partial charge on any atom is 0.303 e. The molecule has 18 heavy (non-hydrogen) atoms. The number of nitrogens with one attached hydrogen (secondary N) is 1. The van der Waals surface area contributed by atoms with E-state index in [0.29, 0.717) is 35.3 Å². The summed E-state index contributed by atoms with van der Waals surface area (Å²) in [6, 6.07) is 3.41. The summed E-state index contributed by atoms with van der Waals surface area (Å²) < 4.78 is 5.05. The van der Waals surface area contributed by atoms with Crippen LogP contribution in [0.4, 0.5) is 0 Å². The van der Waals surface area contributed by atoms with Gasteiger partial charge in [-0.3, -0.25) is 4.79 Å². The zero-order chi connectivity index (χ0) is 13.5. The van der Waals surface area contributed by atoms with Gasteiger partial charge in [0.25, 0.3) is 0 Å². The molecule has 0 aliphatic rings. The molecule has 0 radical (unpaired) electrons. The quantitative estimate of drug-likeness (QED) is 0.759. The first kappa shape index (κ1) is 15.1. The molecule has 0 bridgehead atoms. The van der Waals surface area contributed by atoms with E-state index in [1.165, 1.54) is 7.11 Å². The molecule has 2 N–H and O–H groups in total. The largest absolute Gasteiger partial charge is 0.495 e. The molecule has 4 nitrogen and oxygen atoms in total. The number of carboxylic acid groups (broad SMARTS) is 1. The van der Waals surface area contributed by atoms with E-state index in [1.54, 1.807) is 12.1 Å². The number of halogens is 2. The Bertz CT molecular complexity index is 424. The third-order valence-electron chi connectivity index (χ3n) is 2.38. The maximum atomic E-state index is 10.3. The van der Waals surface area contributed by atoms with Gasteiger partial charge in [0.1, 0.15) is 5.75 Å². The molecule has 0 aliphatic heterocycles. The van der Waals surface area contributed by atoms with Crippen molar-refractivity contribution in [2.24, 2.45) is 0 Å². The molecule has 0 saturated carbocycles. The Morgan fingerprint density at radius 3 is 2.72 bits per heavy atom. The summed E-state index contributed by atoms with van der Waals surface area (Å²) in [5.74, 6) is -0.251. The Kier molecular flexibility index (Phi) is 6.25. The monoisotopic (exact) mass is 291 g/mol. The van der Waals surface area contributed by atoms with Gasteiger partial charge in [-0.15, -0.1) is 0 Å². The second kappa shape index (κ2) is 7.46. The standard InChI is InChI=1S/C12H15Cl2NO3/c1-18-11-6-9(13)8(5-10(11)14)7-15-4-2-3-12(16)17/h5-6,15H,2-4,7H2,1H3,(H,16,17). The van der Waals surface area contributed by atoms with Gasteiger partial charge in [0, 0.05) is 24.1 Å². The van der Waals surface area contributed by atoms with Gasteiger partial charge in [0.15, 0.2) is 0 Å². The number of hydrogen-bond acceptors (Lipinski definition) is 3. The fraction of sp³-hybridized carbons (Fsp3) is 0.417. The summed E-state index contributed by atoms with van der Waals surface area (Å²) >= 11 is 12.1. The minimum Gasteiger partial charge on any atom is -0.495 e. The van der Waals surface area contributed by atoms with Gasteiger partial charge in [0.2, 0.25) is 0 Å². The van der Waals surface area contributed by atoms with Crippen molar-refractivity contribution in [2.45, 2.75) is 19.4 Å². The van der Waals surface area contributed by atoms with Crippen LogP contribution in [0.1, 0.15) is 18.4 Å². The minimum atomic E-state index is -0.790. The summed E-state index contributed by atoms with van der Waals surface area (Å²) in [6.45, 7) is 1.16. The van der Waals surface area contributed by atoms with Crippen molar-refractivity contribution in [2.75, 3.05) is 13.7 Å². The van der Waals surface area contributed by atoms with Crippen LogP contribution >= 0.6 is 23.2 Å². The van der Waals surface area contributed by atoms with Gasteiger partial charge in [0.05, 0.1) is 12.1 Å². The maximum absolute atomic E-state index is 10.3. The lowest BCUT2D eigenvalue weighted by atomic mass is 10.2. The van der Waals surface area contributed by atoms with Crippen LogP contribution in [0.5, 0.6) is 5.75 Å². The highest BCUT2D eigenvalue weighted by Crippen LogP contribution is 2.30. The molecule has 0 unspecified atom stereocenters. The molecule has 0 saturated heterocycles. The molecule has 6 heteroatoms. The Balaban J connectivity index is 2.47. The van der Waals surface area contributed by atoms with E-state index in [0.717, 1.165) is 5.56 Å². The lowest BCUT2D eigenvalue weighted by Crippen LogP contribution is -2.16. The average molecular weight is 292 g/mol. The predicted molar refractivity (Wildman–Crippen MR) is 71.6 cm³/mol. The van der Waals surface area contributed by atoms with Crippen molar-refractivity contribution >= 4 is 29.2 Å². The van der Waals surface area contributed by atoms with Crippen LogP contribution in [0, 0.1) is 0 Å². The molecule has 0 amide bonds. The number of carboxylic acids is 1. The molecule has 0 spiro atoms. The van der Waals surface area contributed by atoms with Gasteiger partial charge in [-0.05, 0) is 24.6 Å². The normalized spacial score (nSPS) is 10.4. The lowest BCUT2D eigenvalue weighted by molar-refractivity contribution is -0.137. The number of carbonyl (C=O) groups is 1. The van der Waals surface area contributed by atoms with Gasteiger partial charge in [-0.25, -0.2) is 0 Å². The van der Waals surface area contributed by atoms with E-state index >= 15 is 0 Å². The number of hydrogen-bond donors (Lipinski definition) is 2. The zero-order valence-corrected chi connectivity index (χ0v) is 11.5. The lowest BCUT2D eigenvalue weighted by Gasteiger charge is -2.09. The van der Waals surface area contributed by atoms with E-state index < -0.39 is 5.97 Å². The highest BCUT2D eigenvalue weighted by molar-refractivity contribution is 6.34. The van der Waals surface area contributed by atoms with Crippen LogP contribution in [-0.2, 0) is 11.3 Å². The van der Waals surface area contributed by atoms with Crippen molar-refractivity contribution in [1.29, 1.82) is 0 Å². The summed E-state index contributed by atoms with van der Waals surface area (Å²) in [6.07, 6.45) is 0.737. The molecule has 0 atom stereocenters. The Labute approximate surface area is 116 Å². The summed E-state index contributed by atoms with van der Waals surface area (Å²) in [4.78, 5) is 10.3. The summed E-state index contributed by atoms with van der Waals surface area (Å²) in [7, 11) is 1.53. The van der Waals surface area contributed by atoms with Crippen LogP contribution in [-0.4, -0.2) is 24.7 Å². The number of aliphatic carboxylic acids is 1. The summed E-state index contributed by atoms with van der Waals surface area (Å²) in [5.41, 5.74) is 0.859. The van der Waals surface area contributed by atoms with Gasteiger partial charge in [-0.1, -0.05) is 23.2 Å².